The molecule has 0 unspecified atom stereocenters. The van der Waals surface area contributed by atoms with E-state index in [1.165, 1.54) is 11.3 Å². The van der Waals surface area contributed by atoms with Crippen molar-refractivity contribution in [1.29, 1.82) is 0 Å². The molecule has 0 atom stereocenters. The standard InChI is InChI=1S/C11H12N4O4S/c1-6-12-9(15-19-6)10(18)14-11-13-7(5-20-11)3-2-4-8(16)17/h5H,2-4H2,1H3,(H,16,17)(H,13,14,18). The number of hydrogen-bond donors (Lipinski definition) is 2. The van der Waals surface area contributed by atoms with Crippen molar-refractivity contribution in [1.82, 2.24) is 15.1 Å². The van der Waals surface area contributed by atoms with Gasteiger partial charge in [0, 0.05) is 18.7 Å². The van der Waals surface area contributed by atoms with Gasteiger partial charge in [-0.05, 0) is 12.8 Å². The lowest BCUT2D eigenvalue weighted by molar-refractivity contribution is -0.137. The lowest BCUT2D eigenvalue weighted by Crippen LogP contribution is -2.13. The Morgan fingerprint density at radius 2 is 2.25 bits per heavy atom. The monoisotopic (exact) mass is 296 g/mol. The number of aliphatic carboxylic acids is 1. The molecule has 8 nitrogen and oxygen atoms in total. The molecule has 0 aliphatic carbocycles. The molecule has 9 heteroatoms. The zero-order valence-corrected chi connectivity index (χ0v) is 11.4. The Labute approximate surface area is 117 Å². The van der Waals surface area contributed by atoms with E-state index in [9.17, 15) is 9.59 Å². The van der Waals surface area contributed by atoms with Gasteiger partial charge in [0.15, 0.2) is 5.13 Å². The summed E-state index contributed by atoms with van der Waals surface area (Å²) >= 11 is 1.26. The molecule has 0 saturated carbocycles. The van der Waals surface area contributed by atoms with Crippen molar-refractivity contribution >= 4 is 28.3 Å². The Morgan fingerprint density at radius 1 is 1.45 bits per heavy atom. The summed E-state index contributed by atoms with van der Waals surface area (Å²) in [6.07, 6.45) is 1.16. The minimum atomic E-state index is -0.832. The number of carboxylic acid groups (broad SMARTS) is 1. The molecular weight excluding hydrogens is 284 g/mol. The molecule has 0 bridgehead atoms. The van der Waals surface area contributed by atoms with Gasteiger partial charge in [-0.3, -0.25) is 14.9 Å². The summed E-state index contributed by atoms with van der Waals surface area (Å²) in [5.41, 5.74) is 0.746. The number of carbonyl (C=O) groups is 2. The highest BCUT2D eigenvalue weighted by molar-refractivity contribution is 7.13. The maximum absolute atomic E-state index is 11.7. The van der Waals surface area contributed by atoms with Gasteiger partial charge in [0.25, 0.3) is 11.7 Å². The smallest absolute Gasteiger partial charge is 0.303 e. The maximum Gasteiger partial charge on any atom is 0.303 e. The zero-order valence-electron chi connectivity index (χ0n) is 10.6. The van der Waals surface area contributed by atoms with Crippen molar-refractivity contribution in [2.45, 2.75) is 26.2 Å². The number of aryl methyl sites for hydroxylation is 2. The molecule has 2 rings (SSSR count). The molecule has 2 heterocycles. The molecule has 0 aliphatic heterocycles. The van der Waals surface area contributed by atoms with Gasteiger partial charge in [0.05, 0.1) is 5.69 Å². The number of carbonyl (C=O) groups excluding carboxylic acids is 1. The second-order valence-corrected chi connectivity index (χ2v) is 4.84. The molecule has 106 valence electrons. The number of anilines is 1. The lowest BCUT2D eigenvalue weighted by Gasteiger charge is -1.96. The number of hydrogen-bond acceptors (Lipinski definition) is 7. The SMILES string of the molecule is Cc1nc(C(=O)Nc2nc(CCCC(=O)O)cs2)no1. The van der Waals surface area contributed by atoms with Crippen LogP contribution in [0.4, 0.5) is 5.13 Å². The van der Waals surface area contributed by atoms with Crippen molar-refractivity contribution in [3.05, 3.63) is 22.8 Å². The summed E-state index contributed by atoms with van der Waals surface area (Å²) in [4.78, 5) is 30.1. The number of thiazole rings is 1. The predicted molar refractivity (Wildman–Crippen MR) is 69.7 cm³/mol. The van der Waals surface area contributed by atoms with Gasteiger partial charge in [-0.2, -0.15) is 4.98 Å². The van der Waals surface area contributed by atoms with Crippen LogP contribution < -0.4 is 5.32 Å². The maximum atomic E-state index is 11.7. The molecular formula is C11H12N4O4S. The third-order valence-electron chi connectivity index (χ3n) is 2.33. The van der Waals surface area contributed by atoms with Gasteiger partial charge in [-0.15, -0.1) is 11.3 Å². The van der Waals surface area contributed by atoms with Crippen LogP contribution in [0.1, 0.15) is 35.0 Å². The molecule has 1 amide bonds. The Kier molecular flexibility index (Phi) is 4.41. The van der Waals surface area contributed by atoms with E-state index in [2.05, 4.69) is 20.4 Å². The second kappa shape index (κ2) is 6.24. The molecule has 0 aromatic carbocycles. The number of nitrogens with one attached hydrogen (secondary N) is 1. The second-order valence-electron chi connectivity index (χ2n) is 3.98. The van der Waals surface area contributed by atoms with E-state index in [0.717, 1.165) is 5.69 Å². The molecule has 20 heavy (non-hydrogen) atoms. The molecule has 2 N–H and O–H groups in total. The fourth-order valence-electron chi connectivity index (χ4n) is 1.44. The lowest BCUT2D eigenvalue weighted by atomic mass is 10.2. The first-order chi connectivity index (χ1) is 9.54. The van der Waals surface area contributed by atoms with Crippen LogP contribution in [0.15, 0.2) is 9.90 Å². The van der Waals surface area contributed by atoms with Crippen LogP contribution in [-0.2, 0) is 11.2 Å². The fraction of sp³-hybridized carbons (Fsp3) is 0.364. The van der Waals surface area contributed by atoms with Gasteiger partial charge in [0.1, 0.15) is 0 Å². The highest BCUT2D eigenvalue weighted by Gasteiger charge is 2.14. The molecule has 0 spiro atoms. The van der Waals surface area contributed by atoms with Crippen LogP contribution in [0.25, 0.3) is 0 Å². The first kappa shape index (κ1) is 14.1. The van der Waals surface area contributed by atoms with Gasteiger partial charge >= 0.3 is 5.97 Å². The van der Waals surface area contributed by atoms with Crippen LogP contribution in [0.5, 0.6) is 0 Å². The molecule has 2 aromatic heterocycles. The topological polar surface area (TPSA) is 118 Å². The molecule has 0 saturated heterocycles. The number of aromatic nitrogens is 3. The van der Waals surface area contributed by atoms with Crippen molar-refractivity contribution in [2.75, 3.05) is 5.32 Å². The van der Waals surface area contributed by atoms with Crippen molar-refractivity contribution < 1.29 is 19.2 Å². The molecule has 0 fully saturated rings. The van der Waals surface area contributed by atoms with Crippen LogP contribution in [0.3, 0.4) is 0 Å². The summed E-state index contributed by atoms with van der Waals surface area (Å²) < 4.78 is 4.71. The Morgan fingerprint density at radius 3 is 2.90 bits per heavy atom. The highest BCUT2D eigenvalue weighted by Crippen LogP contribution is 2.17. The fourth-order valence-corrected chi connectivity index (χ4v) is 2.18. The average Bonchev–Trinajstić information content (AvgIpc) is 2.98. The summed E-state index contributed by atoms with van der Waals surface area (Å²) in [6.45, 7) is 1.59. The summed E-state index contributed by atoms with van der Waals surface area (Å²) in [7, 11) is 0. The Balaban J connectivity index is 1.89. The van der Waals surface area contributed by atoms with Gasteiger partial charge in [-0.25, -0.2) is 4.98 Å². The summed E-state index contributed by atoms with van der Waals surface area (Å²) in [6, 6.07) is 0. The summed E-state index contributed by atoms with van der Waals surface area (Å²) in [5.74, 6) is -1.07. The Hall–Kier alpha value is -2.29. The zero-order chi connectivity index (χ0) is 14.5. The van der Waals surface area contributed by atoms with E-state index in [0.29, 0.717) is 23.9 Å². The predicted octanol–water partition coefficient (Wildman–Crippen LogP) is 1.49. The number of rotatable bonds is 6. The van der Waals surface area contributed by atoms with Crippen LogP contribution >= 0.6 is 11.3 Å². The summed E-state index contributed by atoms with van der Waals surface area (Å²) in [5, 5.41) is 16.8. The number of amides is 1. The van der Waals surface area contributed by atoms with E-state index < -0.39 is 11.9 Å². The van der Waals surface area contributed by atoms with E-state index in [1.807, 2.05) is 0 Å². The quantitative estimate of drug-likeness (QED) is 0.829. The molecule has 0 radical (unpaired) electrons. The van der Waals surface area contributed by atoms with Crippen LogP contribution in [0, 0.1) is 6.92 Å². The largest absolute Gasteiger partial charge is 0.481 e. The third-order valence-corrected chi connectivity index (χ3v) is 3.13. The molecule has 2 aromatic rings. The van der Waals surface area contributed by atoms with Crippen molar-refractivity contribution in [2.24, 2.45) is 0 Å². The van der Waals surface area contributed by atoms with E-state index in [4.69, 9.17) is 9.63 Å². The van der Waals surface area contributed by atoms with E-state index in [-0.39, 0.29) is 12.2 Å². The van der Waals surface area contributed by atoms with Crippen molar-refractivity contribution in [3.8, 4) is 0 Å². The number of carboxylic acids is 1. The minimum Gasteiger partial charge on any atom is -0.481 e. The Bertz CT molecular complexity index is 621. The van der Waals surface area contributed by atoms with Gasteiger partial charge < -0.3 is 9.63 Å². The average molecular weight is 296 g/mol. The van der Waals surface area contributed by atoms with Gasteiger partial charge in [0.2, 0.25) is 5.89 Å². The number of nitrogens with zero attached hydrogens (tertiary/aromatic N) is 3. The van der Waals surface area contributed by atoms with Crippen molar-refractivity contribution in [3.63, 3.8) is 0 Å². The minimum absolute atomic E-state index is 0.0508. The van der Waals surface area contributed by atoms with Gasteiger partial charge in [-0.1, -0.05) is 5.16 Å². The first-order valence-corrected chi connectivity index (χ1v) is 6.70. The van der Waals surface area contributed by atoms with E-state index in [1.54, 1.807) is 12.3 Å². The normalized spacial score (nSPS) is 10.4. The highest BCUT2D eigenvalue weighted by atomic mass is 32.1. The van der Waals surface area contributed by atoms with E-state index >= 15 is 0 Å². The van der Waals surface area contributed by atoms with Crippen LogP contribution in [0.2, 0.25) is 0 Å². The first-order valence-electron chi connectivity index (χ1n) is 5.82. The third kappa shape index (κ3) is 3.85. The molecule has 0 aliphatic rings. The van der Waals surface area contributed by atoms with Crippen LogP contribution in [-0.4, -0.2) is 32.1 Å².